The zero-order valence-corrected chi connectivity index (χ0v) is 16.3. The highest BCUT2D eigenvalue weighted by Gasteiger charge is 2.21. The van der Waals surface area contributed by atoms with Gasteiger partial charge in [0.2, 0.25) is 0 Å². The number of aromatic nitrogens is 3. The molecule has 6 nitrogen and oxygen atoms in total. The summed E-state index contributed by atoms with van der Waals surface area (Å²) >= 11 is 0. The van der Waals surface area contributed by atoms with Gasteiger partial charge in [-0.15, -0.1) is 0 Å². The van der Waals surface area contributed by atoms with Gasteiger partial charge in [-0.2, -0.15) is 0 Å². The molecule has 0 fully saturated rings. The number of benzene rings is 1. The predicted molar refractivity (Wildman–Crippen MR) is 118 cm³/mol. The average Bonchev–Trinajstić information content (AvgIpc) is 3.20. The molecule has 1 aromatic carbocycles. The smallest absolute Gasteiger partial charge is 0.147 e. The Balaban J connectivity index is 1.29. The molecule has 0 saturated heterocycles. The Bertz CT molecular complexity index is 1210. The van der Waals surface area contributed by atoms with Crippen LogP contribution in [0.15, 0.2) is 78.3 Å². The first-order chi connectivity index (χ1) is 14.8. The molecule has 2 atom stereocenters. The summed E-state index contributed by atoms with van der Waals surface area (Å²) in [6.07, 6.45) is 9.74. The van der Waals surface area contributed by atoms with E-state index < -0.39 is 0 Å². The number of ether oxygens (including phenoxy) is 1. The molecule has 4 aromatic rings. The zero-order chi connectivity index (χ0) is 20.3. The Labute approximate surface area is 174 Å². The van der Waals surface area contributed by atoms with Crippen molar-refractivity contribution >= 4 is 22.8 Å². The second-order valence-electron chi connectivity index (χ2n) is 7.39. The third-order valence-corrected chi connectivity index (χ3v) is 5.29. The van der Waals surface area contributed by atoms with Gasteiger partial charge in [0.15, 0.2) is 0 Å². The van der Waals surface area contributed by atoms with E-state index in [4.69, 9.17) is 15.5 Å². The number of hydrogen-bond donors (Lipinski definition) is 1. The highest BCUT2D eigenvalue weighted by Crippen LogP contribution is 2.34. The summed E-state index contributed by atoms with van der Waals surface area (Å²) in [6, 6.07) is 15.9. The minimum Gasteiger partial charge on any atom is -0.490 e. The van der Waals surface area contributed by atoms with E-state index in [0.717, 1.165) is 34.3 Å². The monoisotopic (exact) mass is 395 g/mol. The molecule has 0 aliphatic carbocycles. The zero-order valence-electron chi connectivity index (χ0n) is 16.3. The van der Waals surface area contributed by atoms with Crippen molar-refractivity contribution in [2.75, 3.05) is 6.61 Å². The molecule has 148 valence electrons. The summed E-state index contributed by atoms with van der Waals surface area (Å²) in [5.74, 6) is 0.923. The number of rotatable bonds is 6. The first-order valence-electron chi connectivity index (χ1n) is 9.94. The molecule has 4 heterocycles. The van der Waals surface area contributed by atoms with Crippen LogP contribution < -0.4 is 10.5 Å². The molecule has 3 aromatic heterocycles. The van der Waals surface area contributed by atoms with Crippen LogP contribution in [0, 0.1) is 0 Å². The molecule has 1 aliphatic rings. The molecule has 0 radical (unpaired) electrons. The van der Waals surface area contributed by atoms with Crippen molar-refractivity contribution in [1.82, 2.24) is 15.0 Å². The fraction of sp³-hybridized carbons (Fsp3) is 0.167. The normalized spacial score (nSPS) is 15.8. The lowest BCUT2D eigenvalue weighted by atomic mass is 9.94. The number of nitrogens with zero attached hydrogens (tertiary/aromatic N) is 4. The molecule has 0 saturated carbocycles. The van der Waals surface area contributed by atoms with Crippen molar-refractivity contribution in [1.29, 1.82) is 0 Å². The number of hydrogen-bond acceptors (Lipinski definition) is 6. The van der Waals surface area contributed by atoms with E-state index in [-0.39, 0.29) is 12.0 Å². The fourth-order valence-corrected chi connectivity index (χ4v) is 3.77. The lowest BCUT2D eigenvalue weighted by molar-refractivity contribution is 0.283. The number of pyridine rings is 3. The second kappa shape index (κ2) is 8.00. The van der Waals surface area contributed by atoms with Gasteiger partial charge < -0.3 is 10.5 Å². The summed E-state index contributed by atoms with van der Waals surface area (Å²) in [6.45, 7) is 0.402. The average molecular weight is 395 g/mol. The van der Waals surface area contributed by atoms with Crippen molar-refractivity contribution in [2.24, 2.45) is 10.7 Å². The summed E-state index contributed by atoms with van der Waals surface area (Å²) in [5.41, 5.74) is 11.3. The fourth-order valence-electron chi connectivity index (χ4n) is 3.77. The highest BCUT2D eigenvalue weighted by molar-refractivity contribution is 5.86. The predicted octanol–water partition coefficient (Wildman–Crippen LogP) is 4.29. The Morgan fingerprint density at radius 2 is 1.83 bits per heavy atom. The van der Waals surface area contributed by atoms with E-state index in [1.54, 1.807) is 24.8 Å². The van der Waals surface area contributed by atoms with E-state index in [2.05, 4.69) is 21.0 Å². The van der Waals surface area contributed by atoms with Gasteiger partial charge in [-0.05, 0) is 42.3 Å². The molecule has 1 unspecified atom stereocenters. The van der Waals surface area contributed by atoms with Crippen molar-refractivity contribution in [3.63, 3.8) is 0 Å². The third-order valence-electron chi connectivity index (χ3n) is 5.29. The van der Waals surface area contributed by atoms with Crippen LogP contribution in [0.3, 0.4) is 0 Å². The molecule has 0 bridgehead atoms. The van der Waals surface area contributed by atoms with Gasteiger partial charge in [-0.1, -0.05) is 18.2 Å². The summed E-state index contributed by atoms with van der Waals surface area (Å²) in [4.78, 5) is 17.6. The van der Waals surface area contributed by atoms with Crippen LogP contribution in [0.4, 0.5) is 5.69 Å². The highest BCUT2D eigenvalue weighted by atomic mass is 16.5. The molecule has 0 amide bonds. The van der Waals surface area contributed by atoms with E-state index >= 15 is 0 Å². The van der Waals surface area contributed by atoms with Gasteiger partial charge in [0.05, 0.1) is 29.3 Å². The number of nitrogens with two attached hydrogens (primary N) is 1. The van der Waals surface area contributed by atoms with Gasteiger partial charge in [-0.3, -0.25) is 15.0 Å². The first kappa shape index (κ1) is 18.4. The summed E-state index contributed by atoms with van der Waals surface area (Å²) in [5, 5.41) is 0.919. The lowest BCUT2D eigenvalue weighted by Crippen LogP contribution is -2.30. The van der Waals surface area contributed by atoms with Crippen molar-refractivity contribution < 1.29 is 4.74 Å². The third kappa shape index (κ3) is 3.65. The molecule has 1 aliphatic heterocycles. The molecule has 5 rings (SSSR count). The van der Waals surface area contributed by atoms with Crippen molar-refractivity contribution in [2.45, 2.75) is 18.4 Å². The maximum Gasteiger partial charge on any atom is 0.147 e. The Kier molecular flexibility index (Phi) is 4.91. The topological polar surface area (TPSA) is 86.3 Å². The first-order valence-corrected chi connectivity index (χ1v) is 9.94. The van der Waals surface area contributed by atoms with E-state index in [0.29, 0.717) is 12.4 Å². The van der Waals surface area contributed by atoms with Gasteiger partial charge in [0, 0.05) is 41.5 Å². The molecule has 2 N–H and O–H groups in total. The van der Waals surface area contributed by atoms with Crippen LogP contribution >= 0.6 is 0 Å². The van der Waals surface area contributed by atoms with Gasteiger partial charge in [-0.25, -0.2) is 4.98 Å². The maximum absolute atomic E-state index is 6.37. The second-order valence-corrected chi connectivity index (χ2v) is 7.39. The van der Waals surface area contributed by atoms with E-state index in [9.17, 15) is 0 Å². The van der Waals surface area contributed by atoms with Crippen molar-refractivity contribution in [3.05, 3.63) is 78.9 Å². The quantitative estimate of drug-likeness (QED) is 0.526. The molecular formula is C24H21N5O. The minimum absolute atomic E-state index is 0.119. The Morgan fingerprint density at radius 3 is 2.73 bits per heavy atom. The SMILES string of the molecule is N[C@H](COc1cncc2nc(-c3ccncc3)ccc12)CC1C=Nc2ccccc21. The number of para-hydroxylation sites is 1. The lowest BCUT2D eigenvalue weighted by Gasteiger charge is -2.17. The van der Waals surface area contributed by atoms with Gasteiger partial charge in [0.25, 0.3) is 0 Å². The minimum atomic E-state index is -0.119. The van der Waals surface area contributed by atoms with E-state index in [1.165, 1.54) is 5.56 Å². The van der Waals surface area contributed by atoms with Crippen LogP contribution in [-0.2, 0) is 0 Å². The van der Waals surface area contributed by atoms with Crippen molar-refractivity contribution in [3.8, 4) is 17.0 Å². The van der Waals surface area contributed by atoms with Crippen LogP contribution in [-0.4, -0.2) is 33.8 Å². The largest absolute Gasteiger partial charge is 0.490 e. The Morgan fingerprint density at radius 1 is 0.967 bits per heavy atom. The van der Waals surface area contributed by atoms with Gasteiger partial charge >= 0.3 is 0 Å². The van der Waals surface area contributed by atoms with Crippen LogP contribution in [0.5, 0.6) is 5.75 Å². The summed E-state index contributed by atoms with van der Waals surface area (Å²) in [7, 11) is 0. The standard InChI is InChI=1S/C24H21N5O/c25-18(11-17-12-28-22-4-2-1-3-19(17)22)15-30-24-14-27-13-23-20(24)5-6-21(29-23)16-7-9-26-10-8-16/h1-10,12-14,17-18H,11,15,25H2/t17?,18-/m0/s1. The number of aliphatic imine (C=N–C) groups is 1. The van der Waals surface area contributed by atoms with E-state index in [1.807, 2.05) is 48.7 Å². The number of fused-ring (bicyclic) bond motifs is 2. The molecule has 6 heteroatoms. The van der Waals surface area contributed by atoms with Crippen LogP contribution in [0.2, 0.25) is 0 Å². The molecular weight excluding hydrogens is 374 g/mol. The van der Waals surface area contributed by atoms with Gasteiger partial charge in [0.1, 0.15) is 12.4 Å². The summed E-state index contributed by atoms with van der Waals surface area (Å²) < 4.78 is 6.04. The Hall–Kier alpha value is -3.64. The molecule has 30 heavy (non-hydrogen) atoms. The van der Waals surface area contributed by atoms with Crippen LogP contribution in [0.25, 0.3) is 22.2 Å². The van der Waals surface area contributed by atoms with Crippen LogP contribution in [0.1, 0.15) is 17.9 Å². The molecule has 0 spiro atoms. The maximum atomic E-state index is 6.37.